The molecule has 0 bridgehead atoms. The Bertz CT molecular complexity index is 998. The molecule has 0 fully saturated rings. The molecular formula is C21H14O3. The highest BCUT2D eigenvalue weighted by Crippen LogP contribution is 2.36. The molecule has 0 aromatic heterocycles. The number of aromatic hydroxyl groups is 1. The maximum absolute atomic E-state index is 12.8. The number of carbonyl (C=O) groups is 2. The van der Waals surface area contributed by atoms with E-state index in [9.17, 15) is 14.7 Å². The second-order valence-corrected chi connectivity index (χ2v) is 5.99. The molecule has 24 heavy (non-hydrogen) atoms. The zero-order valence-corrected chi connectivity index (χ0v) is 13.0. The first-order valence-electron chi connectivity index (χ1n) is 7.69. The number of rotatable bonds is 1. The first-order valence-corrected chi connectivity index (χ1v) is 7.69. The zero-order valence-electron chi connectivity index (χ0n) is 13.0. The van der Waals surface area contributed by atoms with Crippen molar-refractivity contribution in [1.29, 1.82) is 0 Å². The quantitative estimate of drug-likeness (QED) is 0.574. The van der Waals surface area contributed by atoms with Gasteiger partial charge in [0.15, 0.2) is 11.6 Å². The predicted octanol–water partition coefficient (Wildman–Crippen LogP) is 4.14. The van der Waals surface area contributed by atoms with E-state index in [0.29, 0.717) is 16.7 Å². The summed E-state index contributed by atoms with van der Waals surface area (Å²) < 4.78 is 0. The van der Waals surface area contributed by atoms with E-state index in [2.05, 4.69) is 0 Å². The molecule has 1 N–H and O–H groups in total. The van der Waals surface area contributed by atoms with Crippen molar-refractivity contribution in [1.82, 2.24) is 0 Å². The van der Waals surface area contributed by atoms with Crippen LogP contribution in [0.25, 0.3) is 11.1 Å². The van der Waals surface area contributed by atoms with E-state index < -0.39 is 0 Å². The first-order chi connectivity index (χ1) is 11.6. The molecule has 0 heterocycles. The minimum Gasteiger partial charge on any atom is -0.507 e. The minimum atomic E-state index is -0.312. The summed E-state index contributed by atoms with van der Waals surface area (Å²) in [5.41, 5.74) is 3.80. The van der Waals surface area contributed by atoms with Crippen LogP contribution in [0.5, 0.6) is 5.75 Å². The van der Waals surface area contributed by atoms with Gasteiger partial charge in [0.05, 0.1) is 5.56 Å². The van der Waals surface area contributed by atoms with Gasteiger partial charge in [-0.15, -0.1) is 0 Å². The molecule has 1 aliphatic rings. The third kappa shape index (κ3) is 2.06. The van der Waals surface area contributed by atoms with E-state index in [-0.39, 0.29) is 28.4 Å². The summed E-state index contributed by atoms with van der Waals surface area (Å²) in [5.74, 6) is -0.700. The number of aryl methyl sites for hydroxylation is 1. The van der Waals surface area contributed by atoms with Gasteiger partial charge in [-0.25, -0.2) is 0 Å². The summed E-state index contributed by atoms with van der Waals surface area (Å²) in [6, 6.07) is 17.7. The third-order valence-corrected chi connectivity index (χ3v) is 4.39. The van der Waals surface area contributed by atoms with Crippen LogP contribution in [-0.4, -0.2) is 16.7 Å². The number of phenolic OH excluding ortho intramolecular Hbond substituents is 1. The lowest BCUT2D eigenvalue weighted by Crippen LogP contribution is -2.21. The van der Waals surface area contributed by atoms with Crippen molar-refractivity contribution in [3.05, 3.63) is 88.5 Å². The van der Waals surface area contributed by atoms with Crippen molar-refractivity contribution >= 4 is 11.6 Å². The SMILES string of the molecule is Cc1ccc(-c2cc(O)c3c(c2)C(=O)c2ccccc2C3=O)cc1. The average Bonchev–Trinajstić information content (AvgIpc) is 2.60. The topological polar surface area (TPSA) is 54.4 Å². The van der Waals surface area contributed by atoms with Gasteiger partial charge in [-0.1, -0.05) is 54.1 Å². The van der Waals surface area contributed by atoms with E-state index in [4.69, 9.17) is 0 Å². The van der Waals surface area contributed by atoms with Gasteiger partial charge in [0.1, 0.15) is 5.75 Å². The Hall–Kier alpha value is -3.20. The van der Waals surface area contributed by atoms with Gasteiger partial charge in [-0.3, -0.25) is 9.59 Å². The number of hydrogen-bond acceptors (Lipinski definition) is 3. The van der Waals surface area contributed by atoms with Gasteiger partial charge in [-0.2, -0.15) is 0 Å². The molecule has 3 nitrogen and oxygen atoms in total. The largest absolute Gasteiger partial charge is 0.507 e. The molecule has 4 rings (SSSR count). The standard InChI is InChI=1S/C21H14O3/c1-12-6-8-13(9-7-12)14-10-17-19(18(22)11-14)21(24)16-5-3-2-4-15(16)20(17)23/h2-11,22H,1H3. The van der Waals surface area contributed by atoms with Crippen LogP contribution in [0, 0.1) is 6.92 Å². The number of hydrogen-bond donors (Lipinski definition) is 1. The minimum absolute atomic E-state index is 0.0922. The van der Waals surface area contributed by atoms with Crippen LogP contribution < -0.4 is 0 Å². The number of phenols is 1. The van der Waals surface area contributed by atoms with E-state index in [1.165, 1.54) is 0 Å². The molecule has 0 spiro atoms. The summed E-state index contributed by atoms with van der Waals surface area (Å²) in [7, 11) is 0. The lowest BCUT2D eigenvalue weighted by molar-refractivity contribution is 0.0976. The van der Waals surface area contributed by atoms with Crippen molar-refractivity contribution in [3.63, 3.8) is 0 Å². The highest BCUT2D eigenvalue weighted by atomic mass is 16.3. The van der Waals surface area contributed by atoms with Crippen molar-refractivity contribution in [2.45, 2.75) is 6.92 Å². The van der Waals surface area contributed by atoms with Gasteiger partial charge in [0.2, 0.25) is 0 Å². The Morgan fingerprint density at radius 2 is 1.33 bits per heavy atom. The van der Waals surface area contributed by atoms with Gasteiger partial charge in [0.25, 0.3) is 0 Å². The van der Waals surface area contributed by atoms with Crippen molar-refractivity contribution in [2.75, 3.05) is 0 Å². The maximum Gasteiger partial charge on any atom is 0.198 e. The molecule has 0 saturated heterocycles. The molecule has 1 aliphatic carbocycles. The van der Waals surface area contributed by atoms with Crippen molar-refractivity contribution < 1.29 is 14.7 Å². The molecule has 0 saturated carbocycles. The zero-order chi connectivity index (χ0) is 16.8. The molecule has 0 radical (unpaired) electrons. The van der Waals surface area contributed by atoms with Crippen LogP contribution in [0.3, 0.4) is 0 Å². The Morgan fingerprint density at radius 3 is 2.00 bits per heavy atom. The molecule has 0 aliphatic heterocycles. The normalized spacial score (nSPS) is 12.7. The van der Waals surface area contributed by atoms with Crippen LogP contribution in [0.2, 0.25) is 0 Å². The third-order valence-electron chi connectivity index (χ3n) is 4.39. The summed E-state index contributed by atoms with van der Waals surface area (Å²) >= 11 is 0. The fourth-order valence-corrected chi connectivity index (χ4v) is 3.12. The molecule has 116 valence electrons. The second kappa shape index (κ2) is 5.17. The van der Waals surface area contributed by atoms with Crippen molar-refractivity contribution in [3.8, 4) is 16.9 Å². The molecule has 0 atom stereocenters. The lowest BCUT2D eigenvalue weighted by atomic mass is 9.82. The van der Waals surface area contributed by atoms with Crippen LogP contribution >= 0.6 is 0 Å². The predicted molar refractivity (Wildman–Crippen MR) is 91.6 cm³/mol. The van der Waals surface area contributed by atoms with Gasteiger partial charge in [0, 0.05) is 16.7 Å². The Morgan fingerprint density at radius 1 is 0.708 bits per heavy atom. The fourth-order valence-electron chi connectivity index (χ4n) is 3.12. The molecule has 0 amide bonds. The summed E-state index contributed by atoms with van der Waals surface area (Å²) in [5, 5.41) is 10.4. The lowest BCUT2D eigenvalue weighted by Gasteiger charge is -2.19. The number of ketones is 2. The summed E-state index contributed by atoms with van der Waals surface area (Å²) in [4.78, 5) is 25.4. The highest BCUT2D eigenvalue weighted by molar-refractivity contribution is 6.29. The van der Waals surface area contributed by atoms with Crippen LogP contribution in [0.1, 0.15) is 37.4 Å². The average molecular weight is 314 g/mol. The van der Waals surface area contributed by atoms with Crippen LogP contribution in [0.15, 0.2) is 60.7 Å². The maximum atomic E-state index is 12.8. The number of fused-ring (bicyclic) bond motifs is 2. The van der Waals surface area contributed by atoms with Crippen molar-refractivity contribution in [2.24, 2.45) is 0 Å². The van der Waals surface area contributed by atoms with E-state index >= 15 is 0 Å². The Balaban J connectivity index is 1.94. The van der Waals surface area contributed by atoms with Gasteiger partial charge in [-0.05, 0) is 30.2 Å². The van der Waals surface area contributed by atoms with Gasteiger partial charge < -0.3 is 5.11 Å². The Labute approximate surface area is 139 Å². The van der Waals surface area contributed by atoms with Crippen LogP contribution in [0.4, 0.5) is 0 Å². The van der Waals surface area contributed by atoms with E-state index in [1.54, 1.807) is 36.4 Å². The molecular weight excluding hydrogens is 300 g/mol. The number of benzene rings is 3. The van der Waals surface area contributed by atoms with Gasteiger partial charge >= 0.3 is 0 Å². The smallest absolute Gasteiger partial charge is 0.198 e. The van der Waals surface area contributed by atoms with E-state index in [1.807, 2.05) is 31.2 Å². The first kappa shape index (κ1) is 14.4. The Kier molecular flexibility index (Phi) is 3.10. The van der Waals surface area contributed by atoms with E-state index in [0.717, 1.165) is 11.1 Å². The molecule has 3 heteroatoms. The number of carbonyl (C=O) groups excluding carboxylic acids is 2. The molecule has 3 aromatic rings. The molecule has 0 unspecified atom stereocenters. The summed E-state index contributed by atoms with van der Waals surface area (Å²) in [6.45, 7) is 1.99. The monoisotopic (exact) mass is 314 g/mol. The molecule has 3 aromatic carbocycles. The second-order valence-electron chi connectivity index (χ2n) is 5.99. The highest BCUT2D eigenvalue weighted by Gasteiger charge is 2.32. The fraction of sp³-hybridized carbons (Fsp3) is 0.0476. The summed E-state index contributed by atoms with van der Waals surface area (Å²) in [6.07, 6.45) is 0. The van der Waals surface area contributed by atoms with Crippen LogP contribution in [-0.2, 0) is 0 Å².